The predicted octanol–water partition coefficient (Wildman–Crippen LogP) is 2.48. The second kappa shape index (κ2) is 6.58. The molecule has 0 radical (unpaired) electrons. The molecule has 104 valence electrons. The number of rotatable bonds is 4. The summed E-state index contributed by atoms with van der Waals surface area (Å²) in [5, 5.41) is 10.4. The first kappa shape index (κ1) is 15.5. The lowest BCUT2D eigenvalue weighted by atomic mass is 10.1. The summed E-state index contributed by atoms with van der Waals surface area (Å²) in [6.07, 6.45) is -2.22. The quantitative estimate of drug-likeness (QED) is 0.838. The maximum absolute atomic E-state index is 12.6. The summed E-state index contributed by atoms with van der Waals surface area (Å²) < 4.78 is 37.7. The molecule has 0 fully saturated rings. The minimum Gasteiger partial charge on any atom is -0.395 e. The van der Waals surface area contributed by atoms with Gasteiger partial charge in [0.15, 0.2) is 0 Å². The molecule has 1 rings (SSSR count). The Balaban J connectivity index is 2.86. The Bertz CT molecular complexity index is 486. The van der Waals surface area contributed by atoms with Crippen LogP contribution >= 0.6 is 11.6 Å². The summed E-state index contributed by atoms with van der Waals surface area (Å²) in [5.74, 6) is -0.502. The van der Waals surface area contributed by atoms with E-state index in [2.05, 4.69) is 5.32 Å². The van der Waals surface area contributed by atoms with E-state index in [-0.39, 0.29) is 18.7 Å². The minimum atomic E-state index is -4.54. The standard InChI is InChI=1S/C12H11ClF3NO2/c13-10-3-1-8(7-9(10)12(14,15)16)2-4-11(19)17-5-6-18/h1-4,7,18H,5-6H2,(H,17,19)/b4-2+. The van der Waals surface area contributed by atoms with Gasteiger partial charge in [-0.2, -0.15) is 13.2 Å². The van der Waals surface area contributed by atoms with E-state index in [1.54, 1.807) is 0 Å². The molecule has 0 unspecified atom stereocenters. The van der Waals surface area contributed by atoms with Gasteiger partial charge in [0.2, 0.25) is 5.91 Å². The number of carbonyl (C=O) groups excluding carboxylic acids is 1. The van der Waals surface area contributed by atoms with Crippen molar-refractivity contribution in [1.82, 2.24) is 5.32 Å². The molecule has 0 spiro atoms. The fraction of sp³-hybridized carbons (Fsp3) is 0.250. The molecule has 2 N–H and O–H groups in total. The third-order valence-corrected chi connectivity index (χ3v) is 2.46. The Kier molecular flexibility index (Phi) is 5.38. The summed E-state index contributed by atoms with van der Waals surface area (Å²) in [7, 11) is 0. The van der Waals surface area contributed by atoms with E-state index in [0.717, 1.165) is 18.2 Å². The van der Waals surface area contributed by atoms with Crippen LogP contribution in [0.3, 0.4) is 0 Å². The lowest BCUT2D eigenvalue weighted by Gasteiger charge is -2.09. The highest BCUT2D eigenvalue weighted by Gasteiger charge is 2.33. The van der Waals surface area contributed by atoms with Crippen LogP contribution in [-0.2, 0) is 11.0 Å². The number of amides is 1. The van der Waals surface area contributed by atoms with Crippen LogP contribution in [0.25, 0.3) is 6.08 Å². The van der Waals surface area contributed by atoms with Crippen molar-refractivity contribution in [1.29, 1.82) is 0 Å². The number of halogens is 4. The van der Waals surface area contributed by atoms with Gasteiger partial charge in [0.05, 0.1) is 17.2 Å². The molecule has 3 nitrogen and oxygen atoms in total. The Morgan fingerprint density at radius 1 is 1.42 bits per heavy atom. The third-order valence-electron chi connectivity index (χ3n) is 2.13. The van der Waals surface area contributed by atoms with Gasteiger partial charge in [0, 0.05) is 12.6 Å². The Labute approximate surface area is 112 Å². The van der Waals surface area contributed by atoms with Gasteiger partial charge in [-0.15, -0.1) is 0 Å². The number of nitrogens with one attached hydrogen (secondary N) is 1. The minimum absolute atomic E-state index is 0.0809. The fourth-order valence-corrected chi connectivity index (χ4v) is 1.50. The number of alkyl halides is 3. The van der Waals surface area contributed by atoms with Crippen molar-refractivity contribution in [3.8, 4) is 0 Å². The van der Waals surface area contributed by atoms with Crippen LogP contribution in [-0.4, -0.2) is 24.2 Å². The van der Waals surface area contributed by atoms with Crippen LogP contribution in [0.2, 0.25) is 5.02 Å². The van der Waals surface area contributed by atoms with Crippen molar-refractivity contribution < 1.29 is 23.1 Å². The summed E-state index contributed by atoms with van der Waals surface area (Å²) >= 11 is 5.46. The van der Waals surface area contributed by atoms with Gasteiger partial charge >= 0.3 is 6.18 Å². The maximum Gasteiger partial charge on any atom is 0.417 e. The largest absolute Gasteiger partial charge is 0.417 e. The van der Waals surface area contributed by atoms with Crippen molar-refractivity contribution in [2.24, 2.45) is 0 Å². The number of hydrogen-bond acceptors (Lipinski definition) is 2. The lowest BCUT2D eigenvalue weighted by Crippen LogP contribution is -2.24. The van der Waals surface area contributed by atoms with E-state index in [0.29, 0.717) is 0 Å². The molecule has 0 aromatic heterocycles. The molecule has 0 atom stereocenters. The maximum atomic E-state index is 12.6. The summed E-state index contributed by atoms with van der Waals surface area (Å²) in [6.45, 7) is -0.129. The van der Waals surface area contributed by atoms with Crippen molar-refractivity contribution in [2.75, 3.05) is 13.2 Å². The molecule has 7 heteroatoms. The topological polar surface area (TPSA) is 49.3 Å². The number of carbonyl (C=O) groups is 1. The molecule has 0 saturated carbocycles. The van der Waals surface area contributed by atoms with Crippen LogP contribution < -0.4 is 5.32 Å². The molecular weight excluding hydrogens is 283 g/mol. The van der Waals surface area contributed by atoms with E-state index in [1.807, 2.05) is 0 Å². The number of aliphatic hydroxyl groups is 1. The molecule has 0 heterocycles. The second-order valence-corrected chi connectivity index (χ2v) is 3.99. The first-order chi connectivity index (χ1) is 8.84. The smallest absolute Gasteiger partial charge is 0.395 e. The van der Waals surface area contributed by atoms with Crippen molar-refractivity contribution in [3.63, 3.8) is 0 Å². The van der Waals surface area contributed by atoms with E-state index < -0.39 is 22.7 Å². The molecule has 1 aromatic rings. The summed E-state index contributed by atoms with van der Waals surface area (Å²) in [5.41, 5.74) is -0.747. The van der Waals surface area contributed by atoms with Gasteiger partial charge in [-0.25, -0.2) is 0 Å². The highest BCUT2D eigenvalue weighted by molar-refractivity contribution is 6.31. The van der Waals surface area contributed by atoms with Crippen molar-refractivity contribution in [3.05, 3.63) is 40.4 Å². The molecule has 1 amide bonds. The van der Waals surface area contributed by atoms with Gasteiger partial charge in [-0.3, -0.25) is 4.79 Å². The Hall–Kier alpha value is -1.53. The highest BCUT2D eigenvalue weighted by Crippen LogP contribution is 2.35. The van der Waals surface area contributed by atoms with Gasteiger partial charge < -0.3 is 10.4 Å². The molecule has 0 saturated heterocycles. The summed E-state index contributed by atoms with van der Waals surface area (Å²) in [6, 6.07) is 3.35. The van der Waals surface area contributed by atoms with Gasteiger partial charge in [-0.1, -0.05) is 17.7 Å². The van der Waals surface area contributed by atoms with E-state index in [1.165, 1.54) is 12.1 Å². The predicted molar refractivity (Wildman–Crippen MR) is 65.6 cm³/mol. The van der Waals surface area contributed by atoms with Crippen LogP contribution in [0, 0.1) is 0 Å². The Morgan fingerprint density at radius 2 is 2.11 bits per heavy atom. The van der Waals surface area contributed by atoms with Gasteiger partial charge in [0.25, 0.3) is 0 Å². The van der Waals surface area contributed by atoms with E-state index in [4.69, 9.17) is 16.7 Å². The van der Waals surface area contributed by atoms with Crippen LogP contribution in [0.15, 0.2) is 24.3 Å². The number of aliphatic hydroxyl groups excluding tert-OH is 1. The zero-order valence-corrected chi connectivity index (χ0v) is 10.4. The first-order valence-electron chi connectivity index (χ1n) is 5.28. The first-order valence-corrected chi connectivity index (χ1v) is 5.66. The molecule has 0 aliphatic rings. The average Bonchev–Trinajstić information content (AvgIpc) is 2.34. The number of hydrogen-bond donors (Lipinski definition) is 2. The Morgan fingerprint density at radius 3 is 2.68 bits per heavy atom. The average molecular weight is 294 g/mol. The zero-order chi connectivity index (χ0) is 14.5. The van der Waals surface area contributed by atoms with Crippen molar-refractivity contribution in [2.45, 2.75) is 6.18 Å². The molecule has 0 aliphatic heterocycles. The molecule has 0 bridgehead atoms. The van der Waals surface area contributed by atoms with E-state index >= 15 is 0 Å². The van der Waals surface area contributed by atoms with Crippen LogP contribution in [0.1, 0.15) is 11.1 Å². The van der Waals surface area contributed by atoms with E-state index in [9.17, 15) is 18.0 Å². The van der Waals surface area contributed by atoms with Gasteiger partial charge in [-0.05, 0) is 23.8 Å². The summed E-state index contributed by atoms with van der Waals surface area (Å²) in [4.78, 5) is 11.2. The third kappa shape index (κ3) is 4.92. The molecule has 19 heavy (non-hydrogen) atoms. The molecule has 1 aromatic carbocycles. The monoisotopic (exact) mass is 293 g/mol. The normalized spacial score (nSPS) is 11.8. The second-order valence-electron chi connectivity index (χ2n) is 3.59. The highest BCUT2D eigenvalue weighted by atomic mass is 35.5. The van der Waals surface area contributed by atoms with Crippen LogP contribution in [0.4, 0.5) is 13.2 Å². The number of benzene rings is 1. The van der Waals surface area contributed by atoms with Crippen LogP contribution in [0.5, 0.6) is 0 Å². The van der Waals surface area contributed by atoms with Gasteiger partial charge in [0.1, 0.15) is 0 Å². The molecular formula is C12H11ClF3NO2. The van der Waals surface area contributed by atoms with Crippen molar-refractivity contribution >= 4 is 23.6 Å². The SMILES string of the molecule is O=C(/C=C/c1ccc(Cl)c(C(F)(F)F)c1)NCCO. The fourth-order valence-electron chi connectivity index (χ4n) is 1.27. The lowest BCUT2D eigenvalue weighted by molar-refractivity contribution is -0.137. The molecule has 0 aliphatic carbocycles. The zero-order valence-electron chi connectivity index (χ0n) is 9.67.